The molecule has 140 valence electrons. The molecule has 6 heteroatoms. The smallest absolute Gasteiger partial charge is 0.265 e. The van der Waals surface area contributed by atoms with Crippen LogP contribution in [-0.2, 0) is 11.0 Å². The van der Waals surface area contributed by atoms with Crippen molar-refractivity contribution in [3.05, 3.63) is 83.5 Å². The Morgan fingerprint density at radius 2 is 1.61 bits per heavy atom. The normalized spacial score (nSPS) is 12.1. The highest BCUT2D eigenvalue weighted by molar-refractivity contribution is 7.82. The Morgan fingerprint density at radius 1 is 0.964 bits per heavy atom. The Labute approximate surface area is 170 Å². The fourth-order valence-electron chi connectivity index (χ4n) is 3.21. The summed E-state index contributed by atoms with van der Waals surface area (Å²) in [5.41, 5.74) is 5.24. The predicted molar refractivity (Wildman–Crippen MR) is 116 cm³/mol. The molecule has 0 aliphatic carbocycles. The molecule has 0 aliphatic heterocycles. The SMILES string of the molecule is CS(=O)NC(=O)c1c[nH]c2cc(Cl)c(-c3ccc(-c4ccccc4)cc3)cc12. The molecule has 2 N–H and O–H groups in total. The zero-order valence-corrected chi connectivity index (χ0v) is 16.6. The summed E-state index contributed by atoms with van der Waals surface area (Å²) in [5.74, 6) is -0.389. The van der Waals surface area contributed by atoms with E-state index in [2.05, 4.69) is 34.0 Å². The maximum atomic E-state index is 12.3. The molecule has 4 nitrogen and oxygen atoms in total. The van der Waals surface area contributed by atoms with Crippen LogP contribution in [0.5, 0.6) is 0 Å². The Morgan fingerprint density at radius 3 is 2.29 bits per heavy atom. The second-order valence-electron chi connectivity index (χ2n) is 6.41. The maximum Gasteiger partial charge on any atom is 0.265 e. The fraction of sp³-hybridized carbons (Fsp3) is 0.0455. The molecule has 4 rings (SSSR count). The molecule has 0 fully saturated rings. The largest absolute Gasteiger partial charge is 0.360 e. The van der Waals surface area contributed by atoms with Gasteiger partial charge in [0, 0.05) is 28.9 Å². The first-order valence-corrected chi connectivity index (χ1v) is 10.6. The quantitative estimate of drug-likeness (QED) is 0.488. The van der Waals surface area contributed by atoms with Crippen LogP contribution in [0.3, 0.4) is 0 Å². The van der Waals surface area contributed by atoms with Crippen molar-refractivity contribution in [2.75, 3.05) is 6.26 Å². The first kappa shape index (κ1) is 18.5. The van der Waals surface area contributed by atoms with Crippen molar-refractivity contribution in [1.29, 1.82) is 0 Å². The molecule has 1 aromatic heterocycles. The molecule has 4 aromatic rings. The second kappa shape index (κ2) is 7.62. The highest BCUT2D eigenvalue weighted by Crippen LogP contribution is 2.34. The summed E-state index contributed by atoms with van der Waals surface area (Å²) in [7, 11) is -1.43. The second-order valence-corrected chi connectivity index (χ2v) is 7.93. The standard InChI is InChI=1S/C22H17ClN2O2S/c1-28(27)25-22(26)19-13-24-21-12-20(23)17(11-18(19)21)16-9-7-15(8-10-16)14-5-3-2-4-6-14/h2-13,24H,1H3,(H,25,26). The van der Waals surface area contributed by atoms with Crippen molar-refractivity contribution in [1.82, 2.24) is 9.71 Å². The summed E-state index contributed by atoms with van der Waals surface area (Å²) in [6.07, 6.45) is 3.02. The number of nitrogens with one attached hydrogen (secondary N) is 2. The van der Waals surface area contributed by atoms with E-state index in [0.717, 1.165) is 33.2 Å². The average Bonchev–Trinajstić information content (AvgIpc) is 3.10. The van der Waals surface area contributed by atoms with Crippen molar-refractivity contribution >= 4 is 39.4 Å². The van der Waals surface area contributed by atoms with Crippen LogP contribution in [0, 0.1) is 0 Å². The van der Waals surface area contributed by atoms with Gasteiger partial charge in [-0.1, -0.05) is 66.2 Å². The summed E-state index contributed by atoms with van der Waals surface area (Å²) < 4.78 is 13.7. The number of H-pyrrole nitrogens is 1. The van der Waals surface area contributed by atoms with Gasteiger partial charge in [-0.3, -0.25) is 9.52 Å². The van der Waals surface area contributed by atoms with Crippen LogP contribution in [-0.4, -0.2) is 21.4 Å². The predicted octanol–water partition coefficient (Wildman–Crippen LogP) is 5.18. The molecule has 0 bridgehead atoms. The Kier molecular flexibility index (Phi) is 5.03. The van der Waals surface area contributed by atoms with E-state index in [9.17, 15) is 9.00 Å². The molecule has 1 heterocycles. The van der Waals surface area contributed by atoms with E-state index in [1.54, 1.807) is 12.3 Å². The van der Waals surface area contributed by atoms with E-state index in [-0.39, 0.29) is 5.91 Å². The highest BCUT2D eigenvalue weighted by atomic mass is 35.5. The van der Waals surface area contributed by atoms with Crippen LogP contribution in [0.15, 0.2) is 72.9 Å². The number of halogens is 1. The molecule has 1 amide bonds. The number of amides is 1. The number of benzene rings is 3. The maximum absolute atomic E-state index is 12.3. The molecule has 0 saturated heterocycles. The molecule has 0 saturated carbocycles. The van der Waals surface area contributed by atoms with Crippen LogP contribution >= 0.6 is 11.6 Å². The number of aromatic amines is 1. The minimum atomic E-state index is -1.43. The number of fused-ring (bicyclic) bond motifs is 1. The summed E-state index contributed by atoms with van der Waals surface area (Å²) >= 11 is 6.50. The molecule has 1 atom stereocenters. The third kappa shape index (κ3) is 3.59. The molecule has 28 heavy (non-hydrogen) atoms. The lowest BCUT2D eigenvalue weighted by molar-refractivity contribution is 0.0984. The number of carbonyl (C=O) groups excluding carboxylic acids is 1. The van der Waals surface area contributed by atoms with Crippen LogP contribution in [0.2, 0.25) is 5.02 Å². The number of aromatic nitrogens is 1. The topological polar surface area (TPSA) is 62.0 Å². The minimum Gasteiger partial charge on any atom is -0.360 e. The van der Waals surface area contributed by atoms with Gasteiger partial charge in [0.25, 0.3) is 5.91 Å². The van der Waals surface area contributed by atoms with Crippen molar-refractivity contribution in [3.63, 3.8) is 0 Å². The van der Waals surface area contributed by atoms with E-state index < -0.39 is 11.0 Å². The third-order valence-electron chi connectivity index (χ3n) is 4.55. The first-order valence-electron chi connectivity index (χ1n) is 8.64. The molecular formula is C22H17ClN2O2S. The Hall–Kier alpha value is -2.89. The lowest BCUT2D eigenvalue weighted by Gasteiger charge is -2.08. The number of hydrogen-bond acceptors (Lipinski definition) is 2. The van der Waals surface area contributed by atoms with Crippen LogP contribution in [0.1, 0.15) is 10.4 Å². The van der Waals surface area contributed by atoms with Gasteiger partial charge in [0.05, 0.1) is 10.6 Å². The van der Waals surface area contributed by atoms with E-state index in [1.807, 2.05) is 36.4 Å². The van der Waals surface area contributed by atoms with Gasteiger partial charge >= 0.3 is 0 Å². The van der Waals surface area contributed by atoms with Crippen molar-refractivity contribution in [2.24, 2.45) is 0 Å². The fourth-order valence-corrected chi connectivity index (χ4v) is 3.85. The molecule has 3 aromatic carbocycles. The van der Waals surface area contributed by atoms with E-state index in [1.165, 1.54) is 6.26 Å². The van der Waals surface area contributed by atoms with Gasteiger partial charge in [-0.25, -0.2) is 4.21 Å². The Bertz CT molecular complexity index is 1180. The lowest BCUT2D eigenvalue weighted by Crippen LogP contribution is -2.24. The van der Waals surface area contributed by atoms with Gasteiger partial charge in [0.1, 0.15) is 11.0 Å². The van der Waals surface area contributed by atoms with Crippen LogP contribution in [0.4, 0.5) is 0 Å². The van der Waals surface area contributed by atoms with Gasteiger partial charge in [-0.15, -0.1) is 0 Å². The Balaban J connectivity index is 1.75. The van der Waals surface area contributed by atoms with E-state index >= 15 is 0 Å². The summed E-state index contributed by atoms with van der Waals surface area (Å²) in [6.45, 7) is 0. The van der Waals surface area contributed by atoms with Gasteiger partial charge < -0.3 is 4.98 Å². The van der Waals surface area contributed by atoms with Crippen molar-refractivity contribution in [3.8, 4) is 22.3 Å². The summed E-state index contributed by atoms with van der Waals surface area (Å²) in [6, 6.07) is 22.0. The minimum absolute atomic E-state index is 0.389. The number of carbonyl (C=O) groups is 1. The summed E-state index contributed by atoms with van der Waals surface area (Å²) in [4.78, 5) is 15.4. The van der Waals surface area contributed by atoms with Crippen LogP contribution in [0.25, 0.3) is 33.2 Å². The highest BCUT2D eigenvalue weighted by Gasteiger charge is 2.15. The molecule has 0 spiro atoms. The van der Waals surface area contributed by atoms with Crippen molar-refractivity contribution in [2.45, 2.75) is 0 Å². The third-order valence-corrected chi connectivity index (χ3v) is 5.34. The summed E-state index contributed by atoms with van der Waals surface area (Å²) in [5, 5.41) is 1.32. The van der Waals surface area contributed by atoms with E-state index in [0.29, 0.717) is 10.6 Å². The number of rotatable bonds is 4. The number of hydrogen-bond donors (Lipinski definition) is 2. The zero-order chi connectivity index (χ0) is 19.7. The van der Waals surface area contributed by atoms with Gasteiger partial charge in [-0.05, 0) is 28.8 Å². The van der Waals surface area contributed by atoms with Crippen LogP contribution < -0.4 is 4.72 Å². The molecular weight excluding hydrogens is 392 g/mol. The zero-order valence-electron chi connectivity index (χ0n) is 15.0. The lowest BCUT2D eigenvalue weighted by atomic mass is 9.99. The monoisotopic (exact) mass is 408 g/mol. The molecule has 0 radical (unpaired) electrons. The average molecular weight is 409 g/mol. The van der Waals surface area contributed by atoms with Gasteiger partial charge in [0.2, 0.25) is 0 Å². The van der Waals surface area contributed by atoms with Gasteiger partial charge in [-0.2, -0.15) is 0 Å². The first-order chi connectivity index (χ1) is 13.5. The van der Waals surface area contributed by atoms with Crippen molar-refractivity contribution < 1.29 is 9.00 Å². The molecule has 0 aliphatic rings. The van der Waals surface area contributed by atoms with E-state index in [4.69, 9.17) is 11.6 Å². The van der Waals surface area contributed by atoms with Gasteiger partial charge in [0.15, 0.2) is 0 Å². The molecule has 1 unspecified atom stereocenters.